The fourth-order valence-corrected chi connectivity index (χ4v) is 3.38. The first-order valence-electron chi connectivity index (χ1n) is 8.06. The van der Waals surface area contributed by atoms with E-state index >= 15 is 0 Å². The predicted molar refractivity (Wildman–Crippen MR) is 98.9 cm³/mol. The van der Waals surface area contributed by atoms with Crippen LogP contribution in [0.1, 0.15) is 27.9 Å². The van der Waals surface area contributed by atoms with Crippen LogP contribution < -0.4 is 10.1 Å². The molecule has 0 saturated carbocycles. The van der Waals surface area contributed by atoms with E-state index < -0.39 is 0 Å². The number of aryl methyl sites for hydroxylation is 1. The molecule has 0 aliphatic rings. The minimum atomic E-state index is -0.136. The van der Waals surface area contributed by atoms with Crippen LogP contribution in [0.15, 0.2) is 48.7 Å². The molecule has 1 amide bonds. The smallest absolute Gasteiger partial charge is 0.263 e. The van der Waals surface area contributed by atoms with E-state index in [0.29, 0.717) is 23.9 Å². The van der Waals surface area contributed by atoms with Gasteiger partial charge in [-0.2, -0.15) is 0 Å². The molecular weight excluding hydrogens is 334 g/mol. The Morgan fingerprint density at radius 3 is 2.76 bits per heavy atom. The lowest BCUT2D eigenvalue weighted by Gasteiger charge is -2.09. The minimum Gasteiger partial charge on any atom is -0.478 e. The molecule has 128 valence electrons. The molecule has 6 heteroatoms. The number of amides is 1. The summed E-state index contributed by atoms with van der Waals surface area (Å²) in [6, 6.07) is 13.6. The molecule has 2 aromatic heterocycles. The minimum absolute atomic E-state index is 0.136. The van der Waals surface area contributed by atoms with E-state index in [1.807, 2.05) is 56.3 Å². The highest BCUT2D eigenvalue weighted by Crippen LogP contribution is 2.27. The summed E-state index contributed by atoms with van der Waals surface area (Å²) in [5.41, 5.74) is 2.60. The van der Waals surface area contributed by atoms with Gasteiger partial charge in [0.05, 0.1) is 12.3 Å². The van der Waals surface area contributed by atoms with Crippen LogP contribution in [-0.4, -0.2) is 22.5 Å². The molecule has 1 N–H and O–H groups in total. The van der Waals surface area contributed by atoms with Crippen molar-refractivity contribution in [2.75, 3.05) is 6.61 Å². The maximum absolute atomic E-state index is 12.6. The molecule has 0 saturated heterocycles. The average molecular weight is 353 g/mol. The van der Waals surface area contributed by atoms with Gasteiger partial charge in [0.2, 0.25) is 5.88 Å². The maximum Gasteiger partial charge on any atom is 0.263 e. The van der Waals surface area contributed by atoms with Crippen molar-refractivity contribution in [3.8, 4) is 16.5 Å². The third-order valence-electron chi connectivity index (χ3n) is 3.59. The third-order valence-corrected chi connectivity index (χ3v) is 4.80. The van der Waals surface area contributed by atoms with Gasteiger partial charge in [-0.05, 0) is 19.9 Å². The van der Waals surface area contributed by atoms with Crippen molar-refractivity contribution in [3.05, 3.63) is 64.8 Å². The fraction of sp³-hybridized carbons (Fsp3) is 0.211. The predicted octanol–water partition coefficient (Wildman–Crippen LogP) is 3.84. The van der Waals surface area contributed by atoms with Crippen LogP contribution in [0.4, 0.5) is 0 Å². The summed E-state index contributed by atoms with van der Waals surface area (Å²) in [5.74, 6) is 0.416. The maximum atomic E-state index is 12.6. The van der Waals surface area contributed by atoms with Crippen LogP contribution in [0.2, 0.25) is 0 Å². The van der Waals surface area contributed by atoms with Gasteiger partial charge in [-0.3, -0.25) is 4.79 Å². The second kappa shape index (κ2) is 7.90. The van der Waals surface area contributed by atoms with Crippen LogP contribution in [0.25, 0.3) is 10.6 Å². The number of carbonyl (C=O) groups excluding carboxylic acids is 1. The topological polar surface area (TPSA) is 64.1 Å². The molecule has 0 atom stereocenters. The largest absolute Gasteiger partial charge is 0.478 e. The number of benzene rings is 1. The van der Waals surface area contributed by atoms with Crippen LogP contribution in [0.5, 0.6) is 5.88 Å². The van der Waals surface area contributed by atoms with Gasteiger partial charge in [0.25, 0.3) is 5.91 Å². The van der Waals surface area contributed by atoms with Gasteiger partial charge in [0.15, 0.2) is 0 Å². The van der Waals surface area contributed by atoms with E-state index in [4.69, 9.17) is 4.74 Å². The molecule has 0 aliphatic heterocycles. The number of pyridine rings is 1. The molecule has 0 unspecified atom stereocenters. The molecule has 0 spiro atoms. The van der Waals surface area contributed by atoms with Crippen LogP contribution in [-0.2, 0) is 6.54 Å². The highest BCUT2D eigenvalue weighted by atomic mass is 32.1. The molecule has 3 aromatic rings. The van der Waals surface area contributed by atoms with Gasteiger partial charge in [-0.1, -0.05) is 36.4 Å². The quantitative estimate of drug-likeness (QED) is 0.731. The van der Waals surface area contributed by atoms with Gasteiger partial charge in [0.1, 0.15) is 9.88 Å². The number of rotatable bonds is 6. The standard InChI is InChI=1S/C19H19N3O2S/c1-3-24-18-15(10-7-11-20-18)12-21-17(23)16-13(2)22-19(25-16)14-8-5-4-6-9-14/h4-11H,3,12H2,1-2H3,(H,21,23). The van der Waals surface area contributed by atoms with Crippen molar-refractivity contribution >= 4 is 17.2 Å². The average Bonchev–Trinajstić information content (AvgIpc) is 3.04. The summed E-state index contributed by atoms with van der Waals surface area (Å²) in [7, 11) is 0. The van der Waals surface area contributed by atoms with Crippen molar-refractivity contribution < 1.29 is 9.53 Å². The van der Waals surface area contributed by atoms with E-state index in [-0.39, 0.29) is 5.91 Å². The number of aromatic nitrogens is 2. The Hall–Kier alpha value is -2.73. The summed E-state index contributed by atoms with van der Waals surface area (Å²) in [6.45, 7) is 4.66. The molecule has 3 rings (SSSR count). The molecular formula is C19H19N3O2S. The summed E-state index contributed by atoms with van der Waals surface area (Å²) in [5, 5.41) is 3.78. The fourth-order valence-electron chi connectivity index (χ4n) is 2.39. The zero-order valence-electron chi connectivity index (χ0n) is 14.2. The van der Waals surface area contributed by atoms with Crippen molar-refractivity contribution in [2.45, 2.75) is 20.4 Å². The number of hydrogen-bond acceptors (Lipinski definition) is 5. The van der Waals surface area contributed by atoms with Gasteiger partial charge in [0, 0.05) is 23.9 Å². The van der Waals surface area contributed by atoms with Gasteiger partial charge in [-0.25, -0.2) is 9.97 Å². The highest BCUT2D eigenvalue weighted by Gasteiger charge is 2.16. The molecule has 25 heavy (non-hydrogen) atoms. The number of ether oxygens (including phenoxy) is 1. The van der Waals surface area contributed by atoms with Crippen molar-refractivity contribution in [1.82, 2.24) is 15.3 Å². The van der Waals surface area contributed by atoms with E-state index in [2.05, 4.69) is 15.3 Å². The Kier molecular flexibility index (Phi) is 5.40. The second-order valence-corrected chi connectivity index (χ2v) is 6.38. The van der Waals surface area contributed by atoms with Crippen LogP contribution in [0.3, 0.4) is 0 Å². The number of thiazole rings is 1. The summed E-state index contributed by atoms with van der Waals surface area (Å²) in [6.07, 6.45) is 1.68. The monoisotopic (exact) mass is 353 g/mol. The molecule has 0 radical (unpaired) electrons. The van der Waals surface area contributed by atoms with Crippen molar-refractivity contribution in [2.24, 2.45) is 0 Å². The zero-order valence-corrected chi connectivity index (χ0v) is 15.0. The normalized spacial score (nSPS) is 10.5. The Bertz CT molecular complexity index is 862. The molecule has 1 aromatic carbocycles. The van der Waals surface area contributed by atoms with Gasteiger partial charge in [-0.15, -0.1) is 11.3 Å². The Balaban J connectivity index is 1.73. The van der Waals surface area contributed by atoms with Gasteiger partial charge < -0.3 is 10.1 Å². The number of carbonyl (C=O) groups is 1. The Morgan fingerprint density at radius 2 is 2.00 bits per heavy atom. The third kappa shape index (κ3) is 4.03. The number of nitrogens with one attached hydrogen (secondary N) is 1. The number of hydrogen-bond donors (Lipinski definition) is 1. The SMILES string of the molecule is CCOc1ncccc1CNC(=O)c1sc(-c2ccccc2)nc1C. The molecule has 0 bridgehead atoms. The van der Waals surface area contributed by atoms with E-state index in [9.17, 15) is 4.79 Å². The summed E-state index contributed by atoms with van der Waals surface area (Å²) >= 11 is 1.40. The van der Waals surface area contributed by atoms with Crippen molar-refractivity contribution in [3.63, 3.8) is 0 Å². The summed E-state index contributed by atoms with van der Waals surface area (Å²) in [4.78, 5) is 21.9. The van der Waals surface area contributed by atoms with E-state index in [1.54, 1.807) is 6.20 Å². The highest BCUT2D eigenvalue weighted by molar-refractivity contribution is 7.17. The summed E-state index contributed by atoms with van der Waals surface area (Å²) < 4.78 is 5.49. The Morgan fingerprint density at radius 1 is 1.20 bits per heavy atom. The van der Waals surface area contributed by atoms with Crippen molar-refractivity contribution in [1.29, 1.82) is 0 Å². The first-order valence-corrected chi connectivity index (χ1v) is 8.88. The first kappa shape index (κ1) is 17.1. The lowest BCUT2D eigenvalue weighted by molar-refractivity contribution is 0.0954. The second-order valence-electron chi connectivity index (χ2n) is 5.38. The molecule has 5 nitrogen and oxygen atoms in total. The first-order chi connectivity index (χ1) is 12.2. The molecule has 2 heterocycles. The Labute approximate surface area is 150 Å². The zero-order chi connectivity index (χ0) is 17.6. The lowest BCUT2D eigenvalue weighted by Crippen LogP contribution is -2.23. The van der Waals surface area contributed by atoms with Crippen LogP contribution in [0, 0.1) is 6.92 Å². The number of nitrogens with zero attached hydrogens (tertiary/aromatic N) is 2. The molecule has 0 aliphatic carbocycles. The van der Waals surface area contributed by atoms with Crippen LogP contribution >= 0.6 is 11.3 Å². The van der Waals surface area contributed by atoms with E-state index in [0.717, 1.165) is 21.8 Å². The van der Waals surface area contributed by atoms with E-state index in [1.165, 1.54) is 11.3 Å². The van der Waals surface area contributed by atoms with Gasteiger partial charge >= 0.3 is 0 Å². The molecule has 0 fully saturated rings. The lowest BCUT2D eigenvalue weighted by atomic mass is 10.2.